The van der Waals surface area contributed by atoms with Crippen LogP contribution in [-0.2, 0) is 13.9 Å². The predicted molar refractivity (Wildman–Crippen MR) is 165 cm³/mol. The molecule has 0 radical (unpaired) electrons. The third-order valence-corrected chi connectivity index (χ3v) is 16.7. The number of benzene rings is 2. The quantitative estimate of drug-likeness (QED) is 0.343. The van der Waals surface area contributed by atoms with E-state index in [2.05, 4.69) is 101 Å². The average molecular weight is 665 g/mol. The van der Waals surface area contributed by atoms with Crippen LogP contribution in [0.2, 0.25) is 9.85 Å². The van der Waals surface area contributed by atoms with E-state index < -0.39 is 20.3 Å². The van der Waals surface area contributed by atoms with E-state index in [4.69, 9.17) is 37.1 Å². The number of hydrogen-bond donors (Lipinski definition) is 0. The van der Waals surface area contributed by atoms with E-state index in [0.717, 1.165) is 0 Å². The number of aliphatic imine (C=N–C) groups is 3. The molecule has 11 heteroatoms. The number of fused-ring (bicyclic) bond motifs is 2. The van der Waals surface area contributed by atoms with Gasteiger partial charge in [-0.1, -0.05) is 0 Å². The molecule has 6 unspecified atom stereocenters. The first-order chi connectivity index (χ1) is 19.0. The molecule has 7 nitrogen and oxygen atoms in total. The Balaban J connectivity index is 1.33. The van der Waals surface area contributed by atoms with E-state index in [1.807, 2.05) is 20.2 Å². The van der Waals surface area contributed by atoms with Crippen molar-refractivity contribution in [3.8, 4) is 0 Å². The van der Waals surface area contributed by atoms with Crippen molar-refractivity contribution in [2.24, 2.45) is 15.0 Å². The van der Waals surface area contributed by atoms with E-state index >= 15 is 0 Å². The Morgan fingerprint density at radius 3 is 2.17 bits per heavy atom. The first-order valence-corrected chi connectivity index (χ1v) is 18.2. The second-order valence-corrected chi connectivity index (χ2v) is 19.9. The molecule has 212 valence electrons. The number of hydrogen-bond acceptors (Lipinski definition) is 7. The monoisotopic (exact) mass is 664 g/mol. The van der Waals surface area contributed by atoms with Gasteiger partial charge < -0.3 is 0 Å². The summed E-state index contributed by atoms with van der Waals surface area (Å²) in [5.41, 5.74) is 0. The van der Waals surface area contributed by atoms with Crippen LogP contribution in [0.5, 0.6) is 0 Å². The molecule has 4 aliphatic rings. The molecule has 0 aromatic heterocycles. The molecule has 2 saturated heterocycles. The van der Waals surface area contributed by atoms with E-state index in [1.54, 1.807) is 0 Å². The second kappa shape index (κ2) is 10.6. The Labute approximate surface area is 253 Å². The van der Waals surface area contributed by atoms with Gasteiger partial charge in [-0.05, 0) is 0 Å². The van der Waals surface area contributed by atoms with E-state index in [0.29, 0.717) is 11.8 Å². The number of nitrogens with zero attached hydrogens (tertiary/aromatic N) is 4. The van der Waals surface area contributed by atoms with Crippen LogP contribution in [0.4, 0.5) is 0 Å². The first kappa shape index (κ1) is 28.6. The van der Waals surface area contributed by atoms with Crippen LogP contribution >= 0.6 is 23.2 Å². The predicted octanol–water partition coefficient (Wildman–Crippen LogP) is 4.20. The van der Waals surface area contributed by atoms with Gasteiger partial charge >= 0.3 is 254 Å². The van der Waals surface area contributed by atoms with Crippen LogP contribution in [0.25, 0.3) is 0 Å². The molecule has 6 atom stereocenters. The van der Waals surface area contributed by atoms with Crippen molar-refractivity contribution in [1.82, 2.24) is 4.90 Å². The Morgan fingerprint density at radius 1 is 0.975 bits per heavy atom. The number of ether oxygens (including phenoxy) is 2. The first-order valence-electron chi connectivity index (χ1n) is 13.5. The molecule has 2 aromatic carbocycles. The summed E-state index contributed by atoms with van der Waals surface area (Å²) in [7, 11) is -2.70. The molecule has 4 aliphatic heterocycles. The van der Waals surface area contributed by atoms with Gasteiger partial charge in [0.2, 0.25) is 0 Å². The van der Waals surface area contributed by atoms with Gasteiger partial charge in [0.25, 0.3) is 0 Å². The minimum absolute atomic E-state index is 0.0433. The SMILES string of the molecule is CC1(C)OC2C(CO[Si](c3ccccc3)(c3ccccc3)C(C)(C)C)[Se]C(N3C=NC4N=C(Cl)N=C(Cl)C43)C2O1. The van der Waals surface area contributed by atoms with E-state index in [-0.39, 0.29) is 53.3 Å². The van der Waals surface area contributed by atoms with Gasteiger partial charge in [-0.25, -0.2) is 0 Å². The van der Waals surface area contributed by atoms with Crippen LogP contribution in [-0.4, -0.2) is 86.7 Å². The molecule has 0 amide bonds. The van der Waals surface area contributed by atoms with Gasteiger partial charge in [0.05, 0.1) is 0 Å². The molecule has 2 aromatic rings. The van der Waals surface area contributed by atoms with Crippen molar-refractivity contribution >= 4 is 73.7 Å². The average Bonchev–Trinajstić information content (AvgIpc) is 3.56. The van der Waals surface area contributed by atoms with Crippen molar-refractivity contribution in [3.05, 3.63) is 60.7 Å². The van der Waals surface area contributed by atoms with E-state index in [9.17, 15) is 0 Å². The fraction of sp³-hybridized carbons (Fsp3) is 0.483. The molecule has 0 spiro atoms. The molecular weight excluding hydrogens is 630 g/mol. The molecule has 0 saturated carbocycles. The third-order valence-electron chi connectivity index (χ3n) is 7.94. The van der Waals surface area contributed by atoms with Crippen LogP contribution in [0, 0.1) is 0 Å². The normalized spacial score (nSPS) is 31.1. The molecular formula is C29H34Cl2N4O3SeSi. The second-order valence-electron chi connectivity index (χ2n) is 12.0. The van der Waals surface area contributed by atoms with E-state index in [1.165, 1.54) is 10.4 Å². The van der Waals surface area contributed by atoms with Crippen molar-refractivity contribution in [3.63, 3.8) is 0 Å². The zero-order valence-electron chi connectivity index (χ0n) is 23.2. The molecule has 0 bridgehead atoms. The topological polar surface area (TPSA) is 68.0 Å². The molecule has 0 N–H and O–H groups in total. The summed E-state index contributed by atoms with van der Waals surface area (Å²) >= 11 is 12.8. The molecule has 40 heavy (non-hydrogen) atoms. The summed E-state index contributed by atoms with van der Waals surface area (Å²) < 4.78 is 20.5. The molecule has 4 heterocycles. The zero-order valence-corrected chi connectivity index (χ0v) is 27.4. The Bertz CT molecular complexity index is 1300. The van der Waals surface area contributed by atoms with Gasteiger partial charge in [-0.3, -0.25) is 0 Å². The van der Waals surface area contributed by atoms with Crippen molar-refractivity contribution in [2.45, 2.75) is 79.6 Å². The Hall–Kier alpha value is -1.55. The molecule has 2 fully saturated rings. The summed E-state index contributed by atoms with van der Waals surface area (Å²) in [5, 5.41) is 2.97. The summed E-state index contributed by atoms with van der Waals surface area (Å²) in [6.45, 7) is 11.5. The summed E-state index contributed by atoms with van der Waals surface area (Å²) in [5.74, 6) is -0.693. The number of rotatable bonds is 6. The van der Waals surface area contributed by atoms with Gasteiger partial charge in [0.15, 0.2) is 0 Å². The van der Waals surface area contributed by atoms with Crippen LogP contribution in [0.3, 0.4) is 0 Å². The summed E-state index contributed by atoms with van der Waals surface area (Å²) in [6.07, 6.45) is 1.21. The fourth-order valence-corrected chi connectivity index (χ4v) is 15.0. The van der Waals surface area contributed by atoms with Crippen LogP contribution in [0.15, 0.2) is 75.6 Å². The molecule has 6 rings (SSSR count). The number of halogens is 2. The van der Waals surface area contributed by atoms with Gasteiger partial charge in [-0.2, -0.15) is 0 Å². The maximum atomic E-state index is 7.36. The summed E-state index contributed by atoms with van der Waals surface area (Å²) in [4.78, 5) is 15.6. The zero-order chi connectivity index (χ0) is 28.3. The number of amidine groups is 1. The Kier molecular flexibility index (Phi) is 7.58. The van der Waals surface area contributed by atoms with Crippen LogP contribution in [0.1, 0.15) is 34.6 Å². The Morgan fingerprint density at radius 2 is 1.57 bits per heavy atom. The van der Waals surface area contributed by atoms with Crippen LogP contribution < -0.4 is 10.4 Å². The van der Waals surface area contributed by atoms with Crippen molar-refractivity contribution < 1.29 is 13.9 Å². The van der Waals surface area contributed by atoms with Crippen molar-refractivity contribution in [2.75, 3.05) is 6.61 Å². The van der Waals surface area contributed by atoms with Gasteiger partial charge in [0.1, 0.15) is 0 Å². The maximum absolute atomic E-state index is 7.36. The fourth-order valence-electron chi connectivity index (χ4n) is 6.32. The standard InChI is InChI=1S/C29H34Cl2N4O3SeSi/c1-28(2,3)40(18-12-8-6-9-13-18,19-14-10-7-11-15-19)36-16-20-22-23(38-29(4,5)37-22)26(39-20)35-17-32-25-21(35)24(30)33-27(31)34-25/h6-15,17,20-23,25-26H,16H2,1-5H3. The minimum atomic E-state index is -2.70. The van der Waals surface area contributed by atoms with Gasteiger partial charge in [0, 0.05) is 0 Å². The third kappa shape index (κ3) is 4.92. The van der Waals surface area contributed by atoms with Gasteiger partial charge in [-0.15, -0.1) is 0 Å². The summed E-state index contributed by atoms with van der Waals surface area (Å²) in [6, 6.07) is 21.2. The van der Waals surface area contributed by atoms with Crippen molar-refractivity contribution in [1.29, 1.82) is 0 Å². The molecule has 0 aliphatic carbocycles.